The molecule has 192 valence electrons. The number of sulfonamides is 1. The number of nitrogens with zero attached hydrogens (tertiary/aromatic N) is 2. The Balaban J connectivity index is 2.43. The summed E-state index contributed by atoms with van der Waals surface area (Å²) in [5, 5.41) is 2.80. The smallest absolute Gasteiger partial charge is 0.244 e. The lowest BCUT2D eigenvalue weighted by Crippen LogP contribution is -2.51. The predicted octanol–water partition coefficient (Wildman–Crippen LogP) is 3.18. The van der Waals surface area contributed by atoms with Gasteiger partial charge in [0.05, 0.1) is 26.2 Å². The van der Waals surface area contributed by atoms with Crippen molar-refractivity contribution in [3.05, 3.63) is 52.5 Å². The Morgan fingerprint density at radius 2 is 1.74 bits per heavy atom. The van der Waals surface area contributed by atoms with Gasteiger partial charge in [0.25, 0.3) is 0 Å². The Bertz CT molecular complexity index is 1120. The molecule has 2 aromatic rings. The summed E-state index contributed by atoms with van der Waals surface area (Å²) < 4.78 is 37.9. The third-order valence-electron chi connectivity index (χ3n) is 5.32. The average molecular weight is 571 g/mol. The highest BCUT2D eigenvalue weighted by molar-refractivity contribution is 9.10. The molecule has 0 aromatic heterocycles. The van der Waals surface area contributed by atoms with Crippen LogP contribution in [0.2, 0.25) is 0 Å². The number of benzene rings is 2. The number of amides is 2. The molecular weight excluding hydrogens is 538 g/mol. The van der Waals surface area contributed by atoms with Crippen LogP contribution in [0.3, 0.4) is 0 Å². The van der Waals surface area contributed by atoms with Gasteiger partial charge in [-0.15, -0.1) is 0 Å². The summed E-state index contributed by atoms with van der Waals surface area (Å²) in [7, 11) is -0.992. The first kappa shape index (κ1) is 28.4. The Morgan fingerprint density at radius 3 is 2.29 bits per heavy atom. The van der Waals surface area contributed by atoms with Gasteiger partial charge in [-0.1, -0.05) is 35.0 Å². The van der Waals surface area contributed by atoms with Gasteiger partial charge in [0.2, 0.25) is 21.8 Å². The van der Waals surface area contributed by atoms with Crippen LogP contribution in [0.5, 0.6) is 11.5 Å². The molecule has 0 aliphatic carbocycles. The average Bonchev–Trinajstić information content (AvgIpc) is 2.83. The fraction of sp³-hybridized carbons (Fsp3) is 0.417. The van der Waals surface area contributed by atoms with E-state index in [2.05, 4.69) is 21.2 Å². The number of hydrogen-bond acceptors (Lipinski definition) is 6. The monoisotopic (exact) mass is 569 g/mol. The molecule has 35 heavy (non-hydrogen) atoms. The molecule has 2 amide bonds. The molecule has 0 spiro atoms. The first-order valence-corrected chi connectivity index (χ1v) is 13.7. The number of carbonyl (C=O) groups excluding carboxylic acids is 2. The molecule has 2 rings (SSSR count). The fourth-order valence-corrected chi connectivity index (χ4v) is 4.47. The van der Waals surface area contributed by atoms with Gasteiger partial charge in [-0.25, -0.2) is 8.42 Å². The zero-order valence-corrected chi connectivity index (χ0v) is 23.0. The molecule has 2 aromatic carbocycles. The molecule has 0 saturated carbocycles. The van der Waals surface area contributed by atoms with E-state index in [4.69, 9.17) is 9.47 Å². The molecule has 0 aliphatic rings. The highest BCUT2D eigenvalue weighted by atomic mass is 79.9. The summed E-state index contributed by atoms with van der Waals surface area (Å²) in [6.07, 6.45) is 1.76. The van der Waals surface area contributed by atoms with Crippen LogP contribution in [0.15, 0.2) is 46.9 Å². The molecule has 0 saturated heterocycles. The minimum Gasteiger partial charge on any atom is -0.497 e. The maximum Gasteiger partial charge on any atom is 0.244 e. The SMILES string of the molecule is CCCNC(=O)[C@H](C)N(Cc1ccc(Br)cc1)C(=O)CN(c1ccc(OC)cc1OC)S(C)(=O)=O. The Hall–Kier alpha value is -2.79. The summed E-state index contributed by atoms with van der Waals surface area (Å²) in [5.74, 6) is -0.139. The molecule has 0 unspecified atom stereocenters. The van der Waals surface area contributed by atoms with Crippen LogP contribution < -0.4 is 19.1 Å². The van der Waals surface area contributed by atoms with E-state index in [9.17, 15) is 18.0 Å². The minimum absolute atomic E-state index is 0.129. The van der Waals surface area contributed by atoms with Gasteiger partial charge >= 0.3 is 0 Å². The van der Waals surface area contributed by atoms with Crippen molar-refractivity contribution in [3.63, 3.8) is 0 Å². The third-order valence-corrected chi connectivity index (χ3v) is 6.97. The number of ether oxygens (including phenoxy) is 2. The summed E-state index contributed by atoms with van der Waals surface area (Å²) in [6, 6.07) is 11.2. The number of halogens is 1. The molecule has 0 radical (unpaired) electrons. The predicted molar refractivity (Wildman–Crippen MR) is 139 cm³/mol. The lowest BCUT2D eigenvalue weighted by atomic mass is 10.1. The van der Waals surface area contributed by atoms with E-state index in [1.807, 2.05) is 31.2 Å². The summed E-state index contributed by atoms with van der Waals surface area (Å²) in [6.45, 7) is 3.65. The van der Waals surface area contributed by atoms with Crippen LogP contribution in [0, 0.1) is 0 Å². The van der Waals surface area contributed by atoms with Gasteiger partial charge in [-0.3, -0.25) is 13.9 Å². The van der Waals surface area contributed by atoms with Crippen molar-refractivity contribution in [2.45, 2.75) is 32.9 Å². The van der Waals surface area contributed by atoms with Crippen molar-refractivity contribution in [3.8, 4) is 11.5 Å². The van der Waals surface area contributed by atoms with Crippen molar-refractivity contribution >= 4 is 43.5 Å². The van der Waals surface area contributed by atoms with Gasteiger partial charge in [0, 0.05) is 23.6 Å². The highest BCUT2D eigenvalue weighted by Crippen LogP contribution is 2.33. The maximum atomic E-state index is 13.6. The van der Waals surface area contributed by atoms with E-state index in [1.54, 1.807) is 19.1 Å². The second kappa shape index (κ2) is 12.8. The molecule has 1 atom stereocenters. The first-order chi connectivity index (χ1) is 16.5. The lowest BCUT2D eigenvalue weighted by molar-refractivity contribution is -0.139. The van der Waals surface area contributed by atoms with E-state index >= 15 is 0 Å². The van der Waals surface area contributed by atoms with Crippen LogP contribution in [-0.4, -0.2) is 64.7 Å². The molecule has 11 heteroatoms. The molecule has 0 aliphatic heterocycles. The normalized spacial score (nSPS) is 11.9. The van der Waals surface area contributed by atoms with E-state index < -0.39 is 28.5 Å². The second-order valence-corrected chi connectivity index (χ2v) is 10.7. The van der Waals surface area contributed by atoms with Crippen molar-refractivity contribution in [1.29, 1.82) is 0 Å². The quantitative estimate of drug-likeness (QED) is 0.421. The van der Waals surface area contributed by atoms with Gasteiger partial charge < -0.3 is 19.7 Å². The Morgan fingerprint density at radius 1 is 1.09 bits per heavy atom. The fourth-order valence-electron chi connectivity index (χ4n) is 3.35. The number of nitrogens with one attached hydrogen (secondary N) is 1. The van der Waals surface area contributed by atoms with Crippen LogP contribution in [-0.2, 0) is 26.2 Å². The van der Waals surface area contributed by atoms with Crippen molar-refractivity contribution in [2.24, 2.45) is 0 Å². The Kier molecular flexibility index (Phi) is 10.4. The molecule has 0 bridgehead atoms. The third kappa shape index (κ3) is 7.86. The van der Waals surface area contributed by atoms with Crippen LogP contribution in [0.4, 0.5) is 5.69 Å². The number of hydrogen-bond donors (Lipinski definition) is 1. The number of rotatable bonds is 12. The van der Waals surface area contributed by atoms with Gasteiger partial charge in [-0.2, -0.15) is 0 Å². The second-order valence-electron chi connectivity index (χ2n) is 7.92. The van der Waals surface area contributed by atoms with Crippen LogP contribution in [0.1, 0.15) is 25.8 Å². The standard InChI is InChI=1S/C24H32BrN3O6S/c1-6-13-26-24(30)17(2)27(15-18-7-9-19(25)10-8-18)23(29)16-28(35(5,31)32)21-12-11-20(33-3)14-22(21)34-4/h7-12,14,17H,6,13,15-16H2,1-5H3,(H,26,30)/t17-/m0/s1. The summed E-state index contributed by atoms with van der Waals surface area (Å²) in [4.78, 5) is 27.7. The number of carbonyl (C=O) groups is 2. The van der Waals surface area contributed by atoms with E-state index in [-0.39, 0.29) is 23.9 Å². The van der Waals surface area contributed by atoms with E-state index in [1.165, 1.54) is 25.2 Å². The molecule has 9 nitrogen and oxygen atoms in total. The largest absolute Gasteiger partial charge is 0.497 e. The topological polar surface area (TPSA) is 105 Å². The van der Waals surface area contributed by atoms with E-state index in [0.717, 1.165) is 27.0 Å². The van der Waals surface area contributed by atoms with Gasteiger partial charge in [0.15, 0.2) is 0 Å². The van der Waals surface area contributed by atoms with Gasteiger partial charge in [0.1, 0.15) is 24.1 Å². The number of methoxy groups -OCH3 is 2. The highest BCUT2D eigenvalue weighted by Gasteiger charge is 2.31. The number of anilines is 1. The Labute approximate surface area is 215 Å². The van der Waals surface area contributed by atoms with Crippen LogP contribution >= 0.6 is 15.9 Å². The van der Waals surface area contributed by atoms with Crippen molar-refractivity contribution < 1.29 is 27.5 Å². The van der Waals surface area contributed by atoms with Crippen molar-refractivity contribution in [2.75, 3.05) is 37.9 Å². The zero-order valence-electron chi connectivity index (χ0n) is 20.6. The molecule has 0 fully saturated rings. The first-order valence-electron chi connectivity index (χ1n) is 11.0. The minimum atomic E-state index is -3.88. The lowest BCUT2D eigenvalue weighted by Gasteiger charge is -2.32. The maximum absolute atomic E-state index is 13.6. The van der Waals surface area contributed by atoms with E-state index in [0.29, 0.717) is 12.3 Å². The van der Waals surface area contributed by atoms with Crippen LogP contribution in [0.25, 0.3) is 0 Å². The summed E-state index contributed by atoms with van der Waals surface area (Å²) >= 11 is 3.39. The summed E-state index contributed by atoms with van der Waals surface area (Å²) in [5.41, 5.74) is 0.987. The molecule has 1 N–H and O–H groups in total. The molecular formula is C24H32BrN3O6S. The molecule has 0 heterocycles. The van der Waals surface area contributed by atoms with Crippen molar-refractivity contribution in [1.82, 2.24) is 10.2 Å². The van der Waals surface area contributed by atoms with Gasteiger partial charge in [-0.05, 0) is 43.2 Å². The zero-order chi connectivity index (χ0) is 26.2.